The normalized spacial score (nSPS) is 22.3. The largest absolute Gasteiger partial charge is 0.496 e. The van der Waals surface area contributed by atoms with Gasteiger partial charge in [-0.1, -0.05) is 0 Å². The predicted octanol–water partition coefficient (Wildman–Crippen LogP) is 1.01. The number of nitrogens with zero attached hydrogens (tertiary/aromatic N) is 2. The minimum atomic E-state index is -1.22. The zero-order valence-corrected chi connectivity index (χ0v) is 10.3. The van der Waals surface area contributed by atoms with Gasteiger partial charge in [-0.25, -0.2) is 9.59 Å². The van der Waals surface area contributed by atoms with E-state index in [0.29, 0.717) is 5.75 Å². The lowest BCUT2D eigenvalue weighted by atomic mass is 9.97. The fourth-order valence-electron chi connectivity index (χ4n) is 2.39. The summed E-state index contributed by atoms with van der Waals surface area (Å²) in [7, 11) is 1.51. The lowest BCUT2D eigenvalue weighted by Gasteiger charge is -2.17. The molecule has 1 unspecified atom stereocenters. The average molecular weight is 266 g/mol. The van der Waals surface area contributed by atoms with Crippen LogP contribution in [0.2, 0.25) is 0 Å². The molecule has 1 aliphatic heterocycles. The molecule has 1 saturated heterocycles. The summed E-state index contributed by atoms with van der Waals surface area (Å²) in [5, 5.41) is 18.1. The fraction of sp³-hybridized carbons (Fsp3) is 0.417. The van der Waals surface area contributed by atoms with Crippen LogP contribution in [0.15, 0.2) is 18.5 Å². The number of carboxylic acid groups (broad SMARTS) is 2. The quantitative estimate of drug-likeness (QED) is 0.846. The van der Waals surface area contributed by atoms with E-state index in [-0.39, 0.29) is 18.9 Å². The highest BCUT2D eigenvalue weighted by Crippen LogP contribution is 2.36. The average Bonchev–Trinajstić information content (AvgIpc) is 2.84. The Bertz CT molecular complexity index is 483. The van der Waals surface area contributed by atoms with Gasteiger partial charge in [-0.3, -0.25) is 9.88 Å². The van der Waals surface area contributed by atoms with Crippen molar-refractivity contribution >= 4 is 12.1 Å². The fourth-order valence-corrected chi connectivity index (χ4v) is 2.39. The van der Waals surface area contributed by atoms with Gasteiger partial charge in [0.15, 0.2) is 0 Å². The molecule has 7 nitrogen and oxygen atoms in total. The van der Waals surface area contributed by atoms with Gasteiger partial charge in [-0.2, -0.15) is 0 Å². The van der Waals surface area contributed by atoms with E-state index >= 15 is 0 Å². The predicted molar refractivity (Wildman–Crippen MR) is 64.3 cm³/mol. The Morgan fingerprint density at radius 2 is 2.21 bits per heavy atom. The van der Waals surface area contributed by atoms with Crippen molar-refractivity contribution in [1.82, 2.24) is 9.88 Å². The number of methoxy groups -OCH3 is 1. The molecule has 102 valence electrons. The van der Waals surface area contributed by atoms with Gasteiger partial charge in [0.1, 0.15) is 11.8 Å². The molecule has 2 atom stereocenters. The van der Waals surface area contributed by atoms with Crippen LogP contribution in [0.4, 0.5) is 4.79 Å². The second-order valence-corrected chi connectivity index (χ2v) is 4.34. The maximum atomic E-state index is 11.1. The third-order valence-corrected chi connectivity index (χ3v) is 3.30. The SMILES string of the molecule is COc1ccncc1C1C[C@H](C(=O)O)N(C(=O)O)C1. The lowest BCUT2D eigenvalue weighted by Crippen LogP contribution is -2.39. The highest BCUT2D eigenvalue weighted by atomic mass is 16.5. The zero-order valence-electron chi connectivity index (χ0n) is 10.3. The topological polar surface area (TPSA) is 100.0 Å². The van der Waals surface area contributed by atoms with E-state index in [4.69, 9.17) is 14.9 Å². The first-order chi connectivity index (χ1) is 9.04. The number of aromatic nitrogens is 1. The van der Waals surface area contributed by atoms with Crippen LogP contribution in [0, 0.1) is 0 Å². The summed E-state index contributed by atoms with van der Waals surface area (Å²) in [6.07, 6.45) is 2.16. The van der Waals surface area contributed by atoms with Crippen LogP contribution in [0.5, 0.6) is 5.75 Å². The molecule has 2 N–H and O–H groups in total. The number of hydrogen-bond donors (Lipinski definition) is 2. The number of rotatable bonds is 3. The number of ether oxygens (including phenoxy) is 1. The Balaban J connectivity index is 2.28. The molecule has 2 heterocycles. The van der Waals surface area contributed by atoms with Crippen molar-refractivity contribution in [3.05, 3.63) is 24.0 Å². The maximum Gasteiger partial charge on any atom is 0.408 e. The second-order valence-electron chi connectivity index (χ2n) is 4.34. The standard InChI is InChI=1S/C12H14N2O5/c1-19-10-2-3-13-5-8(10)7-4-9(11(15)16)14(6-7)12(17)18/h2-3,5,7,9H,4,6H2,1H3,(H,15,16)(H,17,18)/t7?,9-/m1/s1. The molecule has 7 heteroatoms. The number of likely N-dealkylation sites (tertiary alicyclic amines) is 1. The van der Waals surface area contributed by atoms with Crippen LogP contribution < -0.4 is 4.74 Å². The van der Waals surface area contributed by atoms with Crippen molar-refractivity contribution < 1.29 is 24.5 Å². The van der Waals surface area contributed by atoms with Crippen LogP contribution in [0.25, 0.3) is 0 Å². The Morgan fingerprint density at radius 1 is 1.47 bits per heavy atom. The van der Waals surface area contributed by atoms with Gasteiger partial charge in [0, 0.05) is 30.4 Å². The highest BCUT2D eigenvalue weighted by Gasteiger charge is 2.41. The number of amides is 1. The number of carboxylic acids is 1. The molecule has 19 heavy (non-hydrogen) atoms. The highest BCUT2D eigenvalue weighted by molar-refractivity contribution is 5.80. The second kappa shape index (κ2) is 5.13. The molecule has 0 aromatic carbocycles. The lowest BCUT2D eigenvalue weighted by molar-refractivity contribution is -0.141. The summed E-state index contributed by atoms with van der Waals surface area (Å²) in [6, 6.07) is 0.654. The summed E-state index contributed by atoms with van der Waals surface area (Å²) < 4.78 is 5.20. The molecule has 1 aromatic heterocycles. The van der Waals surface area contributed by atoms with Crippen molar-refractivity contribution in [2.75, 3.05) is 13.7 Å². The van der Waals surface area contributed by atoms with Crippen LogP contribution in [0.3, 0.4) is 0 Å². The number of aliphatic carboxylic acids is 1. The Hall–Kier alpha value is -2.31. The van der Waals surface area contributed by atoms with Crippen LogP contribution in [-0.2, 0) is 4.79 Å². The molecular weight excluding hydrogens is 252 g/mol. The smallest absolute Gasteiger partial charge is 0.408 e. The van der Waals surface area contributed by atoms with Crippen LogP contribution in [0.1, 0.15) is 17.9 Å². The van der Waals surface area contributed by atoms with Crippen LogP contribution >= 0.6 is 0 Å². The summed E-state index contributed by atoms with van der Waals surface area (Å²) in [5.74, 6) is -0.759. The minimum Gasteiger partial charge on any atom is -0.496 e. The Labute approximate surface area is 109 Å². The summed E-state index contributed by atoms with van der Waals surface area (Å²) in [4.78, 5) is 27.1. The van der Waals surface area contributed by atoms with Gasteiger partial charge in [0.25, 0.3) is 0 Å². The summed E-state index contributed by atoms with van der Waals surface area (Å²) in [6.45, 7) is 0.133. The third-order valence-electron chi connectivity index (χ3n) is 3.30. The van der Waals surface area contributed by atoms with Gasteiger partial charge in [0.05, 0.1) is 7.11 Å². The van der Waals surface area contributed by atoms with Crippen molar-refractivity contribution in [2.45, 2.75) is 18.4 Å². The number of hydrogen-bond acceptors (Lipinski definition) is 4. The summed E-state index contributed by atoms with van der Waals surface area (Å²) >= 11 is 0. The van der Waals surface area contributed by atoms with Gasteiger partial charge in [-0.15, -0.1) is 0 Å². The monoisotopic (exact) mass is 266 g/mol. The number of carbonyl (C=O) groups is 2. The van der Waals surface area contributed by atoms with E-state index in [0.717, 1.165) is 10.5 Å². The molecule has 1 aromatic rings. The van der Waals surface area contributed by atoms with E-state index in [1.54, 1.807) is 18.5 Å². The minimum absolute atomic E-state index is 0.133. The van der Waals surface area contributed by atoms with Crippen molar-refractivity contribution in [3.63, 3.8) is 0 Å². The van der Waals surface area contributed by atoms with Gasteiger partial charge >= 0.3 is 12.1 Å². The molecule has 0 radical (unpaired) electrons. The van der Waals surface area contributed by atoms with E-state index in [2.05, 4.69) is 4.98 Å². The van der Waals surface area contributed by atoms with Crippen molar-refractivity contribution in [3.8, 4) is 5.75 Å². The summed E-state index contributed by atoms with van der Waals surface area (Å²) in [5.41, 5.74) is 0.736. The maximum absolute atomic E-state index is 11.1. The van der Waals surface area contributed by atoms with E-state index in [1.165, 1.54) is 7.11 Å². The Kier molecular flexibility index (Phi) is 3.55. The number of pyridine rings is 1. The first-order valence-corrected chi connectivity index (χ1v) is 5.75. The van der Waals surface area contributed by atoms with Gasteiger partial charge in [-0.05, 0) is 12.5 Å². The molecule has 0 spiro atoms. The molecule has 1 fully saturated rings. The van der Waals surface area contributed by atoms with Crippen molar-refractivity contribution in [2.24, 2.45) is 0 Å². The molecule has 1 amide bonds. The van der Waals surface area contributed by atoms with E-state index in [1.807, 2.05) is 0 Å². The first kappa shape index (κ1) is 13.1. The van der Waals surface area contributed by atoms with E-state index in [9.17, 15) is 9.59 Å². The zero-order chi connectivity index (χ0) is 14.0. The first-order valence-electron chi connectivity index (χ1n) is 5.75. The molecule has 0 bridgehead atoms. The molecule has 2 rings (SSSR count). The van der Waals surface area contributed by atoms with Crippen molar-refractivity contribution in [1.29, 1.82) is 0 Å². The molecule has 0 saturated carbocycles. The van der Waals surface area contributed by atoms with Gasteiger partial charge in [0.2, 0.25) is 0 Å². The van der Waals surface area contributed by atoms with Crippen LogP contribution in [-0.4, -0.2) is 51.9 Å². The Morgan fingerprint density at radius 3 is 2.74 bits per heavy atom. The molecular formula is C12H14N2O5. The van der Waals surface area contributed by atoms with Gasteiger partial charge < -0.3 is 14.9 Å². The third kappa shape index (κ3) is 2.44. The molecule has 0 aliphatic carbocycles. The molecule has 1 aliphatic rings. The van der Waals surface area contributed by atoms with E-state index < -0.39 is 18.1 Å².